The van der Waals surface area contributed by atoms with Crippen LogP contribution in [0.25, 0.3) is 0 Å². The predicted octanol–water partition coefficient (Wildman–Crippen LogP) is 2.40. The normalized spacial score (nSPS) is 12.4. The Kier molecular flexibility index (Phi) is 4.91. The van der Waals surface area contributed by atoms with Gasteiger partial charge in [0.25, 0.3) is 0 Å². The van der Waals surface area contributed by atoms with E-state index in [1.807, 2.05) is 20.8 Å². The van der Waals surface area contributed by atoms with Crippen molar-refractivity contribution in [2.75, 3.05) is 13.1 Å². The molecule has 6 heteroatoms. The summed E-state index contributed by atoms with van der Waals surface area (Å²) in [6, 6.07) is 2.84. The van der Waals surface area contributed by atoms with Gasteiger partial charge in [-0.3, -0.25) is 0 Å². The second-order valence-electron chi connectivity index (χ2n) is 4.16. The van der Waals surface area contributed by atoms with Crippen molar-refractivity contribution in [3.05, 3.63) is 23.5 Å². The van der Waals surface area contributed by atoms with E-state index in [-0.39, 0.29) is 16.0 Å². The first-order valence-electron chi connectivity index (χ1n) is 5.49. The Morgan fingerprint density at radius 1 is 1.47 bits per heavy atom. The molecule has 0 radical (unpaired) electrons. The first kappa shape index (κ1) is 14.4. The molecule has 0 aliphatic heterocycles. The highest BCUT2D eigenvalue weighted by atomic mass is 35.5. The highest BCUT2D eigenvalue weighted by molar-refractivity contribution is 7.89. The largest absolute Gasteiger partial charge is 0.244 e. The van der Waals surface area contributed by atoms with Gasteiger partial charge in [-0.05, 0) is 18.1 Å². The van der Waals surface area contributed by atoms with Crippen LogP contribution in [-0.2, 0) is 10.0 Å². The molecular formula is C11H17ClN2O2S. The quantitative estimate of drug-likeness (QED) is 0.776. The highest BCUT2D eigenvalue weighted by Gasteiger charge is 2.23. The summed E-state index contributed by atoms with van der Waals surface area (Å²) in [5.74, 6) is 0.280. The maximum Gasteiger partial charge on any atom is 0.243 e. The number of rotatable bonds is 5. The summed E-state index contributed by atoms with van der Waals surface area (Å²) < 4.78 is 26.0. The van der Waals surface area contributed by atoms with Crippen molar-refractivity contribution < 1.29 is 8.42 Å². The maximum atomic E-state index is 12.3. The lowest BCUT2D eigenvalue weighted by molar-refractivity contribution is 0.381. The Balaban J connectivity index is 3.08. The second-order valence-corrected chi connectivity index (χ2v) is 6.49. The number of nitrogens with zero attached hydrogens (tertiary/aromatic N) is 2. The molecule has 96 valence electrons. The summed E-state index contributed by atoms with van der Waals surface area (Å²) in [5, 5.41) is 0.187. The molecule has 17 heavy (non-hydrogen) atoms. The van der Waals surface area contributed by atoms with E-state index in [2.05, 4.69) is 4.98 Å². The monoisotopic (exact) mass is 276 g/mol. The molecule has 0 N–H and O–H groups in total. The van der Waals surface area contributed by atoms with Crippen LogP contribution in [0.2, 0.25) is 5.15 Å². The third-order valence-electron chi connectivity index (χ3n) is 2.26. The zero-order valence-corrected chi connectivity index (χ0v) is 11.8. The SMILES string of the molecule is CCN(CC(C)C)S(=O)(=O)c1ccnc(Cl)c1. The van der Waals surface area contributed by atoms with Gasteiger partial charge in [-0.25, -0.2) is 13.4 Å². The van der Waals surface area contributed by atoms with E-state index < -0.39 is 10.0 Å². The van der Waals surface area contributed by atoms with Crippen LogP contribution in [0.3, 0.4) is 0 Å². The van der Waals surface area contributed by atoms with Crippen molar-refractivity contribution in [2.24, 2.45) is 5.92 Å². The summed E-state index contributed by atoms with van der Waals surface area (Å²) in [7, 11) is -3.46. The Morgan fingerprint density at radius 2 is 2.12 bits per heavy atom. The fourth-order valence-corrected chi connectivity index (χ4v) is 3.36. The van der Waals surface area contributed by atoms with Gasteiger partial charge in [0.1, 0.15) is 5.15 Å². The first-order chi connectivity index (χ1) is 7.87. The van der Waals surface area contributed by atoms with Crippen molar-refractivity contribution in [1.82, 2.24) is 9.29 Å². The van der Waals surface area contributed by atoms with E-state index in [9.17, 15) is 8.42 Å². The molecule has 1 rings (SSSR count). The van der Waals surface area contributed by atoms with Gasteiger partial charge in [0.15, 0.2) is 0 Å². The summed E-state index contributed by atoms with van der Waals surface area (Å²) in [6.07, 6.45) is 1.40. The predicted molar refractivity (Wildman–Crippen MR) is 68.5 cm³/mol. The van der Waals surface area contributed by atoms with Gasteiger partial charge in [-0.2, -0.15) is 4.31 Å². The van der Waals surface area contributed by atoms with E-state index in [1.54, 1.807) is 0 Å². The average Bonchev–Trinajstić information content (AvgIpc) is 2.25. The zero-order valence-electron chi connectivity index (χ0n) is 10.2. The summed E-state index contributed by atoms with van der Waals surface area (Å²) in [4.78, 5) is 3.98. The highest BCUT2D eigenvalue weighted by Crippen LogP contribution is 2.18. The van der Waals surface area contributed by atoms with Crippen LogP contribution in [0.15, 0.2) is 23.2 Å². The lowest BCUT2D eigenvalue weighted by Gasteiger charge is -2.22. The molecule has 4 nitrogen and oxygen atoms in total. The molecule has 0 amide bonds. The molecule has 0 fully saturated rings. The molecule has 1 aromatic rings. The molecule has 0 aliphatic carbocycles. The molecule has 0 bridgehead atoms. The molecule has 1 heterocycles. The summed E-state index contributed by atoms with van der Waals surface area (Å²) in [6.45, 7) is 6.73. The molecule has 0 saturated heterocycles. The van der Waals surface area contributed by atoms with Crippen molar-refractivity contribution >= 4 is 21.6 Å². The molecule has 0 unspecified atom stereocenters. The van der Waals surface area contributed by atoms with E-state index >= 15 is 0 Å². The number of hydrogen-bond acceptors (Lipinski definition) is 3. The van der Waals surface area contributed by atoms with Gasteiger partial charge in [0, 0.05) is 19.3 Å². The van der Waals surface area contributed by atoms with Gasteiger partial charge in [-0.15, -0.1) is 0 Å². The summed E-state index contributed by atoms with van der Waals surface area (Å²) in [5.41, 5.74) is 0. The smallest absolute Gasteiger partial charge is 0.243 e. The number of sulfonamides is 1. The van der Waals surface area contributed by atoms with Crippen LogP contribution in [0.1, 0.15) is 20.8 Å². The van der Waals surface area contributed by atoms with Crippen molar-refractivity contribution in [3.8, 4) is 0 Å². The summed E-state index contributed by atoms with van der Waals surface area (Å²) >= 11 is 5.71. The topological polar surface area (TPSA) is 50.3 Å². The van der Waals surface area contributed by atoms with Crippen LogP contribution in [0.5, 0.6) is 0 Å². The Bertz CT molecular complexity index is 474. The number of hydrogen-bond donors (Lipinski definition) is 0. The third kappa shape index (κ3) is 3.66. The van der Waals surface area contributed by atoms with E-state index in [1.165, 1.54) is 22.6 Å². The third-order valence-corrected chi connectivity index (χ3v) is 4.40. The number of halogens is 1. The molecule has 0 saturated carbocycles. The van der Waals surface area contributed by atoms with Gasteiger partial charge in [0.2, 0.25) is 10.0 Å². The first-order valence-corrected chi connectivity index (χ1v) is 7.31. The van der Waals surface area contributed by atoms with Crippen LogP contribution in [-0.4, -0.2) is 30.8 Å². The van der Waals surface area contributed by atoms with E-state index in [0.717, 1.165) is 0 Å². The van der Waals surface area contributed by atoms with Crippen LogP contribution in [0, 0.1) is 5.92 Å². The Labute approximate surface area is 108 Å². The minimum absolute atomic E-state index is 0.187. The average molecular weight is 277 g/mol. The Hall–Kier alpha value is -0.650. The van der Waals surface area contributed by atoms with E-state index in [4.69, 9.17) is 11.6 Å². The van der Waals surface area contributed by atoms with E-state index in [0.29, 0.717) is 13.1 Å². The second kappa shape index (κ2) is 5.80. The lowest BCUT2D eigenvalue weighted by atomic mass is 10.2. The Morgan fingerprint density at radius 3 is 2.59 bits per heavy atom. The zero-order chi connectivity index (χ0) is 13.1. The molecule has 0 atom stereocenters. The molecule has 0 aliphatic rings. The van der Waals surface area contributed by atoms with Crippen LogP contribution >= 0.6 is 11.6 Å². The minimum atomic E-state index is -3.46. The maximum absolute atomic E-state index is 12.3. The van der Waals surface area contributed by atoms with Gasteiger partial charge < -0.3 is 0 Å². The van der Waals surface area contributed by atoms with Gasteiger partial charge in [-0.1, -0.05) is 32.4 Å². The van der Waals surface area contributed by atoms with Crippen LogP contribution < -0.4 is 0 Å². The van der Waals surface area contributed by atoms with Gasteiger partial charge in [0.05, 0.1) is 4.90 Å². The minimum Gasteiger partial charge on any atom is -0.244 e. The molecule has 1 aromatic heterocycles. The van der Waals surface area contributed by atoms with Crippen molar-refractivity contribution in [3.63, 3.8) is 0 Å². The lowest BCUT2D eigenvalue weighted by Crippen LogP contribution is -2.34. The molecule has 0 spiro atoms. The fourth-order valence-electron chi connectivity index (χ4n) is 1.50. The van der Waals surface area contributed by atoms with Gasteiger partial charge >= 0.3 is 0 Å². The van der Waals surface area contributed by atoms with Crippen molar-refractivity contribution in [1.29, 1.82) is 0 Å². The molecule has 0 aromatic carbocycles. The van der Waals surface area contributed by atoms with Crippen molar-refractivity contribution in [2.45, 2.75) is 25.7 Å². The number of pyridine rings is 1. The number of aromatic nitrogens is 1. The fraction of sp³-hybridized carbons (Fsp3) is 0.545. The van der Waals surface area contributed by atoms with Crippen LogP contribution in [0.4, 0.5) is 0 Å². The standard InChI is InChI=1S/C11H17ClN2O2S/c1-4-14(8-9(2)3)17(15,16)10-5-6-13-11(12)7-10/h5-7,9H,4,8H2,1-3H3. The molecular weight excluding hydrogens is 260 g/mol.